The maximum atomic E-state index is 6.14. The Morgan fingerprint density at radius 3 is 2.55 bits per heavy atom. The fraction of sp³-hybridized carbons (Fsp3) is 0.222. The molecule has 0 aliphatic heterocycles. The lowest BCUT2D eigenvalue weighted by molar-refractivity contribution is 0.306. The Balaban J connectivity index is 2.04. The van der Waals surface area contributed by atoms with Crippen LogP contribution in [0.4, 0.5) is 0 Å². The molecule has 0 aromatic heterocycles. The van der Waals surface area contributed by atoms with Crippen LogP contribution in [0, 0.1) is 0 Å². The first-order chi connectivity index (χ1) is 9.65. The average Bonchev–Trinajstić information content (AvgIpc) is 2.46. The molecule has 0 saturated heterocycles. The van der Waals surface area contributed by atoms with Crippen LogP contribution in [-0.2, 0) is 6.61 Å². The molecule has 0 saturated carbocycles. The second-order valence-corrected chi connectivity index (χ2v) is 5.12. The Bertz CT molecular complexity index is 571. The molecule has 0 aliphatic rings. The highest BCUT2D eigenvalue weighted by atomic mass is 16.5. The fourth-order valence-electron chi connectivity index (χ4n) is 2.01. The van der Waals surface area contributed by atoms with Gasteiger partial charge < -0.3 is 10.5 Å². The molecule has 0 spiro atoms. The summed E-state index contributed by atoms with van der Waals surface area (Å²) in [5.74, 6) is 0.851. The molecule has 0 amide bonds. The number of rotatable bonds is 5. The number of benzene rings is 2. The van der Waals surface area contributed by atoms with Crippen LogP contribution in [0.3, 0.4) is 0 Å². The molecular weight excluding hydrogens is 246 g/mol. The first-order valence-electron chi connectivity index (χ1n) is 6.82. The maximum absolute atomic E-state index is 6.14. The van der Waals surface area contributed by atoms with Gasteiger partial charge in [-0.2, -0.15) is 0 Å². The molecule has 0 aliphatic carbocycles. The van der Waals surface area contributed by atoms with E-state index in [1.54, 1.807) is 0 Å². The van der Waals surface area contributed by atoms with Crippen LogP contribution in [0.1, 0.15) is 31.0 Å². The third-order valence-electron chi connectivity index (χ3n) is 3.00. The Morgan fingerprint density at radius 1 is 1.10 bits per heavy atom. The smallest absolute Gasteiger partial charge is 0.120 e. The monoisotopic (exact) mass is 267 g/mol. The molecule has 1 atom stereocenters. The molecule has 2 heteroatoms. The lowest BCUT2D eigenvalue weighted by atomic mass is 10.1. The predicted octanol–water partition coefficient (Wildman–Crippen LogP) is 4.23. The van der Waals surface area contributed by atoms with Gasteiger partial charge in [-0.15, -0.1) is 0 Å². The minimum Gasteiger partial charge on any atom is -0.489 e. The van der Waals surface area contributed by atoms with E-state index < -0.39 is 0 Å². The molecule has 0 heterocycles. The van der Waals surface area contributed by atoms with Crippen molar-refractivity contribution in [1.29, 1.82) is 0 Å². The van der Waals surface area contributed by atoms with Crippen molar-refractivity contribution >= 4 is 0 Å². The lowest BCUT2D eigenvalue weighted by Crippen LogP contribution is -2.07. The fourth-order valence-corrected chi connectivity index (χ4v) is 2.01. The largest absolute Gasteiger partial charge is 0.489 e. The van der Waals surface area contributed by atoms with Crippen LogP contribution in [0.2, 0.25) is 0 Å². The zero-order valence-corrected chi connectivity index (χ0v) is 12.0. The highest BCUT2D eigenvalue weighted by molar-refractivity contribution is 5.33. The minimum atomic E-state index is -0.0831. The van der Waals surface area contributed by atoms with Gasteiger partial charge in [-0.05, 0) is 37.1 Å². The summed E-state index contributed by atoms with van der Waals surface area (Å²) in [4.78, 5) is 0. The molecule has 2 nitrogen and oxygen atoms in total. The quantitative estimate of drug-likeness (QED) is 0.823. The summed E-state index contributed by atoms with van der Waals surface area (Å²) in [7, 11) is 0. The van der Waals surface area contributed by atoms with Gasteiger partial charge in [-0.1, -0.05) is 54.1 Å². The van der Waals surface area contributed by atoms with Crippen molar-refractivity contribution in [1.82, 2.24) is 0 Å². The van der Waals surface area contributed by atoms with Crippen LogP contribution < -0.4 is 10.5 Å². The highest BCUT2D eigenvalue weighted by Crippen LogP contribution is 2.20. The van der Waals surface area contributed by atoms with Gasteiger partial charge in [0, 0.05) is 6.04 Å². The zero-order chi connectivity index (χ0) is 14.4. The molecule has 0 radical (unpaired) electrons. The van der Waals surface area contributed by atoms with Crippen LogP contribution in [0.25, 0.3) is 0 Å². The van der Waals surface area contributed by atoms with E-state index in [2.05, 4.69) is 32.1 Å². The first kappa shape index (κ1) is 14.4. The SMILES string of the molecule is CC(C)=CC(N)c1cccc(OCc2ccccc2)c1. The Labute approximate surface area is 120 Å². The van der Waals surface area contributed by atoms with E-state index in [1.165, 1.54) is 5.57 Å². The molecule has 2 aromatic carbocycles. The summed E-state index contributed by atoms with van der Waals surface area (Å²) in [5, 5.41) is 0. The van der Waals surface area contributed by atoms with E-state index in [0.29, 0.717) is 6.61 Å². The minimum absolute atomic E-state index is 0.0831. The topological polar surface area (TPSA) is 35.2 Å². The molecule has 2 N–H and O–H groups in total. The van der Waals surface area contributed by atoms with E-state index in [-0.39, 0.29) is 6.04 Å². The van der Waals surface area contributed by atoms with Crippen molar-refractivity contribution < 1.29 is 4.74 Å². The Morgan fingerprint density at radius 2 is 1.85 bits per heavy atom. The molecule has 20 heavy (non-hydrogen) atoms. The second-order valence-electron chi connectivity index (χ2n) is 5.12. The van der Waals surface area contributed by atoms with Crippen molar-refractivity contribution in [3.05, 3.63) is 77.4 Å². The summed E-state index contributed by atoms with van der Waals surface area (Å²) in [6.45, 7) is 4.67. The van der Waals surface area contributed by atoms with Gasteiger partial charge in [0.05, 0.1) is 0 Å². The van der Waals surface area contributed by atoms with Gasteiger partial charge >= 0.3 is 0 Å². The summed E-state index contributed by atoms with van der Waals surface area (Å²) >= 11 is 0. The number of ether oxygens (including phenoxy) is 1. The summed E-state index contributed by atoms with van der Waals surface area (Å²) < 4.78 is 5.81. The lowest BCUT2D eigenvalue weighted by Gasteiger charge is -2.11. The van der Waals surface area contributed by atoms with Crippen molar-refractivity contribution in [2.45, 2.75) is 26.5 Å². The number of allylic oxidation sites excluding steroid dienone is 1. The van der Waals surface area contributed by atoms with Crippen molar-refractivity contribution in [3.8, 4) is 5.75 Å². The average molecular weight is 267 g/mol. The molecule has 0 fully saturated rings. The predicted molar refractivity (Wildman–Crippen MR) is 83.6 cm³/mol. The number of hydrogen-bond donors (Lipinski definition) is 1. The van der Waals surface area contributed by atoms with Gasteiger partial charge in [0.2, 0.25) is 0 Å². The molecule has 1 unspecified atom stereocenters. The van der Waals surface area contributed by atoms with Crippen LogP contribution in [0.15, 0.2) is 66.2 Å². The summed E-state index contributed by atoms with van der Waals surface area (Å²) in [6.07, 6.45) is 2.05. The third-order valence-corrected chi connectivity index (χ3v) is 3.00. The normalized spacial score (nSPS) is 11.8. The van der Waals surface area contributed by atoms with E-state index >= 15 is 0 Å². The molecule has 104 valence electrons. The van der Waals surface area contributed by atoms with E-state index in [4.69, 9.17) is 10.5 Å². The van der Waals surface area contributed by atoms with Crippen LogP contribution in [-0.4, -0.2) is 0 Å². The molecule has 2 rings (SSSR count). The van der Waals surface area contributed by atoms with E-state index in [0.717, 1.165) is 16.9 Å². The van der Waals surface area contributed by atoms with Crippen molar-refractivity contribution in [2.75, 3.05) is 0 Å². The summed E-state index contributed by atoms with van der Waals surface area (Å²) in [5.41, 5.74) is 9.58. The first-order valence-corrected chi connectivity index (χ1v) is 6.82. The molecular formula is C18H21NO. The van der Waals surface area contributed by atoms with Gasteiger partial charge in [0.1, 0.15) is 12.4 Å². The van der Waals surface area contributed by atoms with Gasteiger partial charge in [-0.3, -0.25) is 0 Å². The van der Waals surface area contributed by atoms with Crippen LogP contribution >= 0.6 is 0 Å². The van der Waals surface area contributed by atoms with Gasteiger partial charge in [0.15, 0.2) is 0 Å². The summed E-state index contributed by atoms with van der Waals surface area (Å²) in [6, 6.07) is 18.0. The highest BCUT2D eigenvalue weighted by Gasteiger charge is 2.04. The Hall–Kier alpha value is -2.06. The van der Waals surface area contributed by atoms with E-state index in [9.17, 15) is 0 Å². The van der Waals surface area contributed by atoms with Crippen molar-refractivity contribution in [3.63, 3.8) is 0 Å². The maximum Gasteiger partial charge on any atom is 0.120 e. The third kappa shape index (κ3) is 4.25. The molecule has 0 bridgehead atoms. The number of hydrogen-bond acceptors (Lipinski definition) is 2. The second kappa shape index (κ2) is 6.92. The Kier molecular flexibility index (Phi) is 4.97. The van der Waals surface area contributed by atoms with Gasteiger partial charge in [0.25, 0.3) is 0 Å². The molecule has 2 aromatic rings. The zero-order valence-electron chi connectivity index (χ0n) is 12.0. The van der Waals surface area contributed by atoms with E-state index in [1.807, 2.05) is 42.5 Å². The number of nitrogens with two attached hydrogens (primary N) is 1. The van der Waals surface area contributed by atoms with Crippen LogP contribution in [0.5, 0.6) is 5.75 Å². The standard InChI is InChI=1S/C18H21NO/c1-14(2)11-18(19)16-9-6-10-17(12-16)20-13-15-7-4-3-5-8-15/h3-12,18H,13,19H2,1-2H3. The van der Waals surface area contributed by atoms with Gasteiger partial charge in [-0.25, -0.2) is 0 Å². The van der Waals surface area contributed by atoms with Crippen molar-refractivity contribution in [2.24, 2.45) is 5.73 Å².